The van der Waals surface area contributed by atoms with Crippen LogP contribution in [0, 0.1) is 0 Å². The molecule has 0 aliphatic rings. The van der Waals surface area contributed by atoms with Crippen LogP contribution in [-0.2, 0) is 16.4 Å². The Morgan fingerprint density at radius 2 is 1.88 bits per heavy atom. The zero-order chi connectivity index (χ0) is 17.4. The van der Waals surface area contributed by atoms with Crippen LogP contribution in [0.5, 0.6) is 0 Å². The molecule has 0 radical (unpaired) electrons. The molecule has 0 saturated heterocycles. The quantitative estimate of drug-likeness (QED) is 0.582. The lowest BCUT2D eigenvalue weighted by Crippen LogP contribution is -2.27. The third kappa shape index (κ3) is 5.41. The molecule has 1 amide bonds. The molecule has 0 aliphatic carbocycles. The Bertz CT molecular complexity index is 741. The predicted molar refractivity (Wildman–Crippen MR) is 95.7 cm³/mol. The van der Waals surface area contributed by atoms with E-state index in [4.69, 9.17) is 5.73 Å². The van der Waals surface area contributed by atoms with E-state index in [0.29, 0.717) is 38.0 Å². The number of hydrogen-bond donors (Lipinski definition) is 3. The largest absolute Gasteiger partial charge is 0.352 e. The van der Waals surface area contributed by atoms with E-state index < -0.39 is 10.0 Å². The second kappa shape index (κ2) is 8.93. The Kier molecular flexibility index (Phi) is 6.92. The predicted octanol–water partition coefficient (Wildman–Crippen LogP) is 1.35. The Morgan fingerprint density at radius 1 is 1.12 bits per heavy atom. The lowest BCUT2D eigenvalue weighted by Gasteiger charge is -2.08. The summed E-state index contributed by atoms with van der Waals surface area (Å²) < 4.78 is 27.0. The van der Waals surface area contributed by atoms with E-state index in [1.54, 1.807) is 11.3 Å². The van der Waals surface area contributed by atoms with Crippen molar-refractivity contribution in [2.24, 2.45) is 5.73 Å². The highest BCUT2D eigenvalue weighted by molar-refractivity contribution is 7.89. The molecule has 4 N–H and O–H groups in total. The molecule has 0 saturated carbocycles. The number of benzene rings is 1. The van der Waals surface area contributed by atoms with Gasteiger partial charge in [-0.25, -0.2) is 13.1 Å². The minimum absolute atomic E-state index is 0.146. The van der Waals surface area contributed by atoms with E-state index in [2.05, 4.69) is 10.0 Å². The minimum Gasteiger partial charge on any atom is -0.352 e. The number of nitrogens with one attached hydrogen (secondary N) is 2. The number of carbonyl (C=O) groups excluding carboxylic acids is 1. The normalized spacial score (nSPS) is 11.4. The summed E-state index contributed by atoms with van der Waals surface area (Å²) in [6, 6.07) is 9.79. The van der Waals surface area contributed by atoms with Crippen LogP contribution in [0.25, 0.3) is 0 Å². The molecule has 1 aromatic heterocycles. The fraction of sp³-hybridized carbons (Fsp3) is 0.312. The molecule has 0 bridgehead atoms. The lowest BCUT2D eigenvalue weighted by molar-refractivity contribution is 0.0953. The van der Waals surface area contributed by atoms with Crippen molar-refractivity contribution in [1.29, 1.82) is 0 Å². The molecular formula is C16H21N3O3S2. The van der Waals surface area contributed by atoms with E-state index >= 15 is 0 Å². The van der Waals surface area contributed by atoms with E-state index in [0.717, 1.165) is 4.88 Å². The van der Waals surface area contributed by atoms with Crippen molar-refractivity contribution in [1.82, 2.24) is 10.0 Å². The second-order valence-corrected chi connectivity index (χ2v) is 7.95. The summed E-state index contributed by atoms with van der Waals surface area (Å²) in [6.45, 7) is 1.35. The van der Waals surface area contributed by atoms with Gasteiger partial charge in [-0.2, -0.15) is 0 Å². The van der Waals surface area contributed by atoms with Crippen molar-refractivity contribution >= 4 is 27.3 Å². The van der Waals surface area contributed by atoms with Gasteiger partial charge in [0.2, 0.25) is 10.0 Å². The standard InChI is InChI=1S/C16H21N3O3S2/c17-9-2-10-18-16(20)13-4-6-15(7-5-13)24(21,22)19-11-8-14-3-1-12-23-14/h1,3-7,12,19H,2,8-11,17H2,(H,18,20). The molecule has 130 valence electrons. The summed E-state index contributed by atoms with van der Waals surface area (Å²) in [5.41, 5.74) is 5.79. The maximum Gasteiger partial charge on any atom is 0.251 e. The van der Waals surface area contributed by atoms with Gasteiger partial charge >= 0.3 is 0 Å². The van der Waals surface area contributed by atoms with Crippen molar-refractivity contribution < 1.29 is 13.2 Å². The summed E-state index contributed by atoms with van der Waals surface area (Å²) >= 11 is 1.60. The van der Waals surface area contributed by atoms with Gasteiger partial charge in [0.1, 0.15) is 0 Å². The average Bonchev–Trinajstić information content (AvgIpc) is 3.08. The highest BCUT2D eigenvalue weighted by Crippen LogP contribution is 2.12. The van der Waals surface area contributed by atoms with Crippen LogP contribution in [0.1, 0.15) is 21.7 Å². The van der Waals surface area contributed by atoms with Crippen LogP contribution >= 0.6 is 11.3 Å². The Labute approximate surface area is 146 Å². The molecule has 6 nitrogen and oxygen atoms in total. The van der Waals surface area contributed by atoms with Gasteiger partial charge < -0.3 is 11.1 Å². The number of rotatable bonds is 9. The molecule has 2 aromatic rings. The topological polar surface area (TPSA) is 101 Å². The van der Waals surface area contributed by atoms with Gasteiger partial charge in [-0.3, -0.25) is 4.79 Å². The monoisotopic (exact) mass is 367 g/mol. The molecule has 0 fully saturated rings. The fourth-order valence-electron chi connectivity index (χ4n) is 2.04. The molecule has 0 unspecified atom stereocenters. The van der Waals surface area contributed by atoms with Crippen LogP contribution in [0.3, 0.4) is 0 Å². The zero-order valence-electron chi connectivity index (χ0n) is 13.2. The van der Waals surface area contributed by atoms with Crippen LogP contribution in [0.15, 0.2) is 46.7 Å². The van der Waals surface area contributed by atoms with Crippen molar-refractivity contribution in [2.45, 2.75) is 17.7 Å². The van der Waals surface area contributed by atoms with Crippen LogP contribution in [0.2, 0.25) is 0 Å². The van der Waals surface area contributed by atoms with Crippen molar-refractivity contribution in [3.8, 4) is 0 Å². The Morgan fingerprint density at radius 3 is 2.50 bits per heavy atom. The summed E-state index contributed by atoms with van der Waals surface area (Å²) in [5.74, 6) is -0.238. The Hall–Kier alpha value is -1.74. The molecule has 1 aromatic carbocycles. The molecule has 1 heterocycles. The number of amides is 1. The first-order valence-corrected chi connectivity index (χ1v) is 9.99. The van der Waals surface area contributed by atoms with Crippen LogP contribution in [-0.4, -0.2) is 34.0 Å². The number of sulfonamides is 1. The molecule has 24 heavy (non-hydrogen) atoms. The second-order valence-electron chi connectivity index (χ2n) is 5.15. The number of carbonyl (C=O) groups is 1. The first-order valence-electron chi connectivity index (χ1n) is 7.63. The number of nitrogens with two attached hydrogens (primary N) is 1. The van der Waals surface area contributed by atoms with E-state index in [1.165, 1.54) is 24.3 Å². The van der Waals surface area contributed by atoms with Gasteiger partial charge in [-0.15, -0.1) is 11.3 Å². The minimum atomic E-state index is -3.57. The maximum absolute atomic E-state index is 12.2. The van der Waals surface area contributed by atoms with Crippen molar-refractivity contribution in [3.63, 3.8) is 0 Å². The average molecular weight is 367 g/mol. The third-order valence-electron chi connectivity index (χ3n) is 3.34. The van der Waals surface area contributed by atoms with E-state index in [9.17, 15) is 13.2 Å². The highest BCUT2D eigenvalue weighted by Gasteiger charge is 2.14. The van der Waals surface area contributed by atoms with Gasteiger partial charge in [0.15, 0.2) is 0 Å². The fourth-order valence-corrected chi connectivity index (χ4v) is 3.78. The van der Waals surface area contributed by atoms with E-state index in [-0.39, 0.29) is 10.8 Å². The molecule has 2 rings (SSSR count). The Balaban J connectivity index is 1.91. The first-order chi connectivity index (χ1) is 11.5. The molecule has 0 spiro atoms. The van der Waals surface area contributed by atoms with Gasteiger partial charge in [0.05, 0.1) is 4.90 Å². The van der Waals surface area contributed by atoms with Crippen molar-refractivity contribution in [2.75, 3.05) is 19.6 Å². The van der Waals surface area contributed by atoms with Gasteiger partial charge in [-0.1, -0.05) is 6.07 Å². The summed E-state index contributed by atoms with van der Waals surface area (Å²) in [7, 11) is -3.57. The van der Waals surface area contributed by atoms with Gasteiger partial charge in [0, 0.05) is 23.5 Å². The zero-order valence-corrected chi connectivity index (χ0v) is 14.8. The summed E-state index contributed by atoms with van der Waals surface area (Å²) in [6.07, 6.45) is 1.35. The maximum atomic E-state index is 12.2. The first kappa shape index (κ1) is 18.6. The van der Waals surface area contributed by atoms with Crippen molar-refractivity contribution in [3.05, 3.63) is 52.2 Å². The molecule has 0 aliphatic heterocycles. The SMILES string of the molecule is NCCCNC(=O)c1ccc(S(=O)(=O)NCCc2cccs2)cc1. The van der Waals surface area contributed by atoms with Gasteiger partial charge in [0.25, 0.3) is 5.91 Å². The molecule has 8 heteroatoms. The third-order valence-corrected chi connectivity index (χ3v) is 5.75. The van der Waals surface area contributed by atoms with Gasteiger partial charge in [-0.05, 0) is 55.1 Å². The smallest absolute Gasteiger partial charge is 0.251 e. The van der Waals surface area contributed by atoms with Crippen LogP contribution < -0.4 is 15.8 Å². The lowest BCUT2D eigenvalue weighted by atomic mass is 10.2. The highest BCUT2D eigenvalue weighted by atomic mass is 32.2. The van der Waals surface area contributed by atoms with E-state index in [1.807, 2.05) is 17.5 Å². The molecule has 0 atom stereocenters. The number of hydrogen-bond acceptors (Lipinski definition) is 5. The molecular weight excluding hydrogens is 346 g/mol. The summed E-state index contributed by atoms with van der Waals surface area (Å²) in [5, 5.41) is 4.68. The number of thiophene rings is 1. The summed E-state index contributed by atoms with van der Waals surface area (Å²) in [4.78, 5) is 13.1. The van der Waals surface area contributed by atoms with Crippen LogP contribution in [0.4, 0.5) is 0 Å².